The van der Waals surface area contributed by atoms with Crippen LogP contribution in [-0.4, -0.2) is 114 Å². The summed E-state index contributed by atoms with van der Waals surface area (Å²) in [5, 5.41) is 6.71. The number of benzene rings is 3. The Kier molecular flexibility index (Phi) is 11.2. The van der Waals surface area contributed by atoms with Gasteiger partial charge in [0, 0.05) is 70.3 Å². The zero-order chi connectivity index (χ0) is 37.1. The molecule has 0 amide bonds. The van der Waals surface area contributed by atoms with Gasteiger partial charge in [0.25, 0.3) is 0 Å². The molecule has 53 heavy (non-hydrogen) atoms. The van der Waals surface area contributed by atoms with Crippen molar-refractivity contribution in [3.8, 4) is 17.2 Å². The average Bonchev–Trinajstić information content (AvgIpc) is 3.16. The Morgan fingerprint density at radius 2 is 1.70 bits per heavy atom. The number of hydrogen-bond donors (Lipinski definition) is 2. The Bertz CT molecular complexity index is 2020. The van der Waals surface area contributed by atoms with E-state index in [1.54, 1.807) is 25.4 Å². The fourth-order valence-corrected chi connectivity index (χ4v) is 8.04. The molecule has 1 aromatic heterocycles. The molecule has 2 N–H and O–H groups in total. The third-order valence-electron chi connectivity index (χ3n) is 10.2. The zero-order valence-corrected chi connectivity index (χ0v) is 33.0. The SMILES string of the molecule is COc1cc(N2CCC(N3CCN(C)CC3)CC2)c(Cc2ccccc2)cc1Nc1ncc(Br)c(Nc2ccc3c(c2N(C)S(C)(=O)=O)OCCO3)n1. The zero-order valence-electron chi connectivity index (χ0n) is 30.6. The van der Waals surface area contributed by atoms with Crippen LogP contribution < -0.4 is 34.0 Å². The number of halogens is 1. The highest BCUT2D eigenvalue weighted by Crippen LogP contribution is 2.46. The molecule has 4 aromatic rings. The Hall–Kier alpha value is -4.31. The largest absolute Gasteiger partial charge is 0.494 e. The number of nitrogens with one attached hydrogen (secondary N) is 2. The van der Waals surface area contributed by atoms with Gasteiger partial charge >= 0.3 is 0 Å². The standard InChI is InChI=1S/C38H47BrN8O5S/c1-44-16-18-46(19-17-44)28-12-14-47(15-13-28)32-24-34(50-3)31(23-27(32)22-26-8-6-5-7-9-26)42-38-40-25-29(39)37(43-38)41-30-10-11-33-36(52-21-20-51-33)35(30)45(2)53(4,48)49/h5-11,23-25,28H,12-22H2,1-4H3,(H2,40,41,42,43). The number of piperazine rings is 1. The lowest BCUT2D eigenvalue weighted by Gasteiger charge is -2.43. The number of aromatic nitrogens is 2. The molecular formula is C38H47BrN8O5S. The van der Waals surface area contributed by atoms with E-state index < -0.39 is 10.0 Å². The van der Waals surface area contributed by atoms with E-state index in [0.717, 1.165) is 70.5 Å². The summed E-state index contributed by atoms with van der Waals surface area (Å²) in [6, 6.07) is 18.9. The first kappa shape index (κ1) is 37.0. The van der Waals surface area contributed by atoms with Crippen molar-refractivity contribution < 1.29 is 22.6 Å². The summed E-state index contributed by atoms with van der Waals surface area (Å²) < 4.78 is 44.8. The second-order valence-electron chi connectivity index (χ2n) is 13.8. The first-order valence-corrected chi connectivity index (χ1v) is 20.6. The smallest absolute Gasteiger partial charge is 0.232 e. The van der Waals surface area contributed by atoms with E-state index in [-0.39, 0.29) is 0 Å². The van der Waals surface area contributed by atoms with Gasteiger partial charge in [0.05, 0.1) is 29.2 Å². The molecule has 282 valence electrons. The quantitative estimate of drug-likeness (QED) is 0.193. The van der Waals surface area contributed by atoms with E-state index in [1.807, 2.05) is 6.07 Å². The van der Waals surface area contributed by atoms with Crippen LogP contribution in [0.5, 0.6) is 17.2 Å². The normalized spacial score (nSPS) is 17.0. The number of hydrogen-bond acceptors (Lipinski definition) is 12. The number of ether oxygens (including phenoxy) is 3. The molecule has 3 aliphatic rings. The van der Waals surface area contributed by atoms with Crippen LogP contribution in [0.2, 0.25) is 0 Å². The molecule has 0 radical (unpaired) electrons. The summed E-state index contributed by atoms with van der Waals surface area (Å²) in [4.78, 5) is 17.0. The van der Waals surface area contributed by atoms with Gasteiger partial charge in [0.1, 0.15) is 30.5 Å². The molecule has 3 aromatic carbocycles. The first-order chi connectivity index (χ1) is 25.6. The molecule has 0 unspecified atom stereocenters. The lowest BCUT2D eigenvalue weighted by atomic mass is 9.97. The van der Waals surface area contributed by atoms with E-state index in [9.17, 15) is 8.42 Å². The van der Waals surface area contributed by atoms with Crippen LogP contribution in [0.4, 0.5) is 34.5 Å². The van der Waals surface area contributed by atoms with Crippen molar-refractivity contribution in [2.24, 2.45) is 0 Å². The van der Waals surface area contributed by atoms with E-state index >= 15 is 0 Å². The summed E-state index contributed by atoms with van der Waals surface area (Å²) in [6.45, 7) is 7.18. The van der Waals surface area contributed by atoms with Crippen LogP contribution in [0, 0.1) is 0 Å². The number of sulfonamides is 1. The van der Waals surface area contributed by atoms with Crippen molar-refractivity contribution in [3.63, 3.8) is 0 Å². The monoisotopic (exact) mass is 806 g/mol. The Labute approximate surface area is 320 Å². The molecule has 13 nitrogen and oxygen atoms in total. The lowest BCUT2D eigenvalue weighted by Crippen LogP contribution is -2.52. The van der Waals surface area contributed by atoms with E-state index in [1.165, 1.54) is 28.2 Å². The predicted octanol–water partition coefficient (Wildman–Crippen LogP) is 5.71. The Balaban J connectivity index is 1.17. The Morgan fingerprint density at radius 3 is 2.42 bits per heavy atom. The van der Waals surface area contributed by atoms with Gasteiger partial charge in [0.15, 0.2) is 11.5 Å². The highest BCUT2D eigenvalue weighted by molar-refractivity contribution is 9.10. The molecule has 2 fully saturated rings. The average molecular weight is 808 g/mol. The van der Waals surface area contributed by atoms with Gasteiger partial charge in [-0.05, 0) is 71.6 Å². The summed E-state index contributed by atoms with van der Waals surface area (Å²) in [5.41, 5.74) is 5.10. The maximum Gasteiger partial charge on any atom is 0.232 e. The van der Waals surface area contributed by atoms with Gasteiger partial charge in [-0.2, -0.15) is 4.98 Å². The third-order valence-corrected chi connectivity index (χ3v) is 12.0. The van der Waals surface area contributed by atoms with Crippen molar-refractivity contribution in [2.75, 3.05) is 99.8 Å². The summed E-state index contributed by atoms with van der Waals surface area (Å²) >= 11 is 3.57. The van der Waals surface area contributed by atoms with E-state index in [2.05, 4.69) is 89.7 Å². The predicted molar refractivity (Wildman–Crippen MR) is 214 cm³/mol. The molecular weight excluding hydrogens is 760 g/mol. The summed E-state index contributed by atoms with van der Waals surface area (Å²) in [6.07, 6.45) is 5.80. The minimum absolute atomic E-state index is 0.300. The van der Waals surface area contributed by atoms with E-state index in [0.29, 0.717) is 64.1 Å². The van der Waals surface area contributed by atoms with Crippen molar-refractivity contribution in [2.45, 2.75) is 25.3 Å². The maximum atomic E-state index is 12.7. The summed E-state index contributed by atoms with van der Waals surface area (Å²) in [7, 11) is 1.73. The number of nitrogens with zero attached hydrogens (tertiary/aromatic N) is 6. The van der Waals surface area contributed by atoms with Gasteiger partial charge in [-0.15, -0.1) is 0 Å². The van der Waals surface area contributed by atoms with Crippen molar-refractivity contribution in [3.05, 3.63) is 76.4 Å². The highest BCUT2D eigenvalue weighted by Gasteiger charge is 2.29. The van der Waals surface area contributed by atoms with Crippen molar-refractivity contribution in [1.29, 1.82) is 0 Å². The lowest BCUT2D eigenvalue weighted by molar-refractivity contribution is 0.0982. The maximum absolute atomic E-state index is 12.7. The van der Waals surface area contributed by atoms with Gasteiger partial charge in [-0.3, -0.25) is 9.21 Å². The topological polar surface area (TPSA) is 125 Å². The summed E-state index contributed by atoms with van der Waals surface area (Å²) in [5.74, 6) is 2.25. The van der Waals surface area contributed by atoms with Crippen LogP contribution in [0.25, 0.3) is 0 Å². The van der Waals surface area contributed by atoms with Crippen molar-refractivity contribution in [1.82, 2.24) is 19.8 Å². The molecule has 3 aliphatic heterocycles. The first-order valence-electron chi connectivity index (χ1n) is 17.9. The third kappa shape index (κ3) is 8.43. The number of anilines is 6. The fraction of sp³-hybridized carbons (Fsp3) is 0.421. The molecule has 4 heterocycles. The molecule has 2 saturated heterocycles. The molecule has 15 heteroatoms. The second kappa shape index (κ2) is 16.0. The molecule has 0 spiro atoms. The molecule has 0 saturated carbocycles. The number of likely N-dealkylation sites (N-methyl/N-ethyl adjacent to an activating group) is 1. The number of rotatable bonds is 11. The van der Waals surface area contributed by atoms with Gasteiger partial charge in [0.2, 0.25) is 16.0 Å². The molecule has 7 rings (SSSR count). The van der Waals surface area contributed by atoms with Crippen LogP contribution in [0.1, 0.15) is 24.0 Å². The van der Waals surface area contributed by atoms with Gasteiger partial charge in [-0.25, -0.2) is 13.4 Å². The minimum atomic E-state index is -3.64. The fourth-order valence-electron chi connectivity index (χ4n) is 7.23. The van der Waals surface area contributed by atoms with Crippen molar-refractivity contribution >= 4 is 60.5 Å². The van der Waals surface area contributed by atoms with Crippen LogP contribution in [0.3, 0.4) is 0 Å². The number of fused-ring (bicyclic) bond motifs is 1. The molecule has 0 atom stereocenters. The van der Waals surface area contributed by atoms with Gasteiger partial charge < -0.3 is 34.6 Å². The second-order valence-corrected chi connectivity index (χ2v) is 16.6. The molecule has 0 bridgehead atoms. The van der Waals surface area contributed by atoms with E-state index in [4.69, 9.17) is 19.2 Å². The number of methoxy groups -OCH3 is 1. The number of piperidine rings is 1. The Morgan fingerprint density at radius 1 is 0.962 bits per heavy atom. The molecule has 0 aliphatic carbocycles. The minimum Gasteiger partial charge on any atom is -0.494 e. The van der Waals surface area contributed by atoms with Crippen LogP contribution >= 0.6 is 15.9 Å². The highest BCUT2D eigenvalue weighted by atomic mass is 79.9. The van der Waals surface area contributed by atoms with Gasteiger partial charge in [-0.1, -0.05) is 30.3 Å². The van der Waals surface area contributed by atoms with Crippen LogP contribution in [-0.2, 0) is 16.4 Å². The van der Waals surface area contributed by atoms with Crippen LogP contribution in [0.15, 0.2) is 65.3 Å².